The number of nitrogen functional groups attached to an aromatic ring is 1. The van der Waals surface area contributed by atoms with Gasteiger partial charge in [-0.3, -0.25) is 4.79 Å². The van der Waals surface area contributed by atoms with E-state index in [-0.39, 0.29) is 5.91 Å². The average molecular weight is 353 g/mol. The molecule has 3 nitrogen and oxygen atoms in total. The van der Waals surface area contributed by atoms with E-state index in [0.29, 0.717) is 23.2 Å². The van der Waals surface area contributed by atoms with Gasteiger partial charge in [0.05, 0.1) is 0 Å². The maximum absolute atomic E-state index is 12.9. The van der Waals surface area contributed by atoms with Crippen LogP contribution in [0, 0.1) is 5.92 Å². The molecule has 0 spiro atoms. The molecule has 1 saturated carbocycles. The van der Waals surface area contributed by atoms with Gasteiger partial charge < -0.3 is 10.6 Å². The first kappa shape index (κ1) is 16.3. The van der Waals surface area contributed by atoms with Crippen LogP contribution in [0.2, 0.25) is 0 Å². The van der Waals surface area contributed by atoms with Crippen molar-refractivity contribution in [3.8, 4) is 0 Å². The van der Waals surface area contributed by atoms with Crippen LogP contribution in [0.3, 0.4) is 0 Å². The molecule has 0 heterocycles. The summed E-state index contributed by atoms with van der Waals surface area (Å²) < 4.78 is 0.841. The highest BCUT2D eigenvalue weighted by molar-refractivity contribution is 9.10. The van der Waals surface area contributed by atoms with Crippen LogP contribution in [-0.2, 0) is 0 Å². The van der Waals surface area contributed by atoms with Crippen molar-refractivity contribution < 1.29 is 4.79 Å². The number of amides is 1. The number of halogens is 1. The lowest BCUT2D eigenvalue weighted by Gasteiger charge is -2.30. The van der Waals surface area contributed by atoms with Crippen molar-refractivity contribution in [2.24, 2.45) is 5.92 Å². The van der Waals surface area contributed by atoms with Crippen molar-refractivity contribution in [2.45, 2.75) is 52.0 Å². The predicted molar refractivity (Wildman–Crippen MR) is 91.3 cm³/mol. The zero-order valence-electron chi connectivity index (χ0n) is 12.9. The van der Waals surface area contributed by atoms with Crippen LogP contribution in [0.5, 0.6) is 0 Å². The second-order valence-electron chi connectivity index (χ2n) is 6.36. The molecule has 0 saturated heterocycles. The minimum Gasteiger partial charge on any atom is -0.398 e. The molecule has 116 valence electrons. The van der Waals surface area contributed by atoms with Gasteiger partial charge in [-0.15, -0.1) is 0 Å². The Morgan fingerprint density at radius 3 is 2.62 bits per heavy atom. The number of carbonyl (C=O) groups is 1. The number of anilines is 1. The zero-order valence-corrected chi connectivity index (χ0v) is 14.5. The SMILES string of the molecule is CC(C)CCN(C(=O)c1ccc(Br)c(N)c1)C1CCCC1. The van der Waals surface area contributed by atoms with E-state index in [2.05, 4.69) is 34.7 Å². The molecule has 1 aromatic carbocycles. The number of hydrogen-bond acceptors (Lipinski definition) is 2. The molecule has 0 aromatic heterocycles. The number of nitrogens with two attached hydrogens (primary N) is 1. The van der Waals surface area contributed by atoms with Gasteiger partial charge in [0.2, 0.25) is 0 Å². The van der Waals surface area contributed by atoms with Gasteiger partial charge in [-0.2, -0.15) is 0 Å². The molecule has 0 bridgehead atoms. The number of benzene rings is 1. The summed E-state index contributed by atoms with van der Waals surface area (Å²) in [7, 11) is 0. The molecule has 0 radical (unpaired) electrons. The molecule has 1 aliphatic rings. The highest BCUT2D eigenvalue weighted by Crippen LogP contribution is 2.27. The molecular formula is C17H25BrN2O. The van der Waals surface area contributed by atoms with Crippen molar-refractivity contribution >= 4 is 27.5 Å². The van der Waals surface area contributed by atoms with Gasteiger partial charge in [0.1, 0.15) is 0 Å². The van der Waals surface area contributed by atoms with E-state index in [0.717, 1.165) is 30.3 Å². The van der Waals surface area contributed by atoms with Crippen LogP contribution in [0.1, 0.15) is 56.3 Å². The summed E-state index contributed by atoms with van der Waals surface area (Å²) in [6.07, 6.45) is 5.79. The molecule has 1 fully saturated rings. The third kappa shape index (κ3) is 4.22. The summed E-state index contributed by atoms with van der Waals surface area (Å²) in [5.41, 5.74) is 7.24. The molecule has 1 aliphatic carbocycles. The Hall–Kier alpha value is -1.03. The fraction of sp³-hybridized carbons (Fsp3) is 0.588. The summed E-state index contributed by atoms with van der Waals surface area (Å²) in [6, 6.07) is 5.91. The lowest BCUT2D eigenvalue weighted by molar-refractivity contribution is 0.0672. The minimum atomic E-state index is 0.127. The Morgan fingerprint density at radius 1 is 1.38 bits per heavy atom. The summed E-state index contributed by atoms with van der Waals surface area (Å²) >= 11 is 3.38. The lowest BCUT2D eigenvalue weighted by Crippen LogP contribution is -2.40. The molecule has 1 amide bonds. The van der Waals surface area contributed by atoms with E-state index in [9.17, 15) is 4.79 Å². The van der Waals surface area contributed by atoms with Gasteiger partial charge in [-0.05, 0) is 59.3 Å². The Morgan fingerprint density at radius 2 is 2.05 bits per heavy atom. The monoisotopic (exact) mass is 352 g/mol. The third-order valence-electron chi connectivity index (χ3n) is 4.22. The number of rotatable bonds is 5. The van der Waals surface area contributed by atoms with E-state index in [4.69, 9.17) is 5.73 Å². The zero-order chi connectivity index (χ0) is 15.4. The van der Waals surface area contributed by atoms with Crippen molar-refractivity contribution in [3.05, 3.63) is 28.2 Å². The van der Waals surface area contributed by atoms with E-state index < -0.39 is 0 Å². The number of nitrogens with zero attached hydrogens (tertiary/aromatic N) is 1. The van der Waals surface area contributed by atoms with E-state index in [1.54, 1.807) is 6.07 Å². The van der Waals surface area contributed by atoms with Gasteiger partial charge in [-0.1, -0.05) is 26.7 Å². The second-order valence-corrected chi connectivity index (χ2v) is 7.21. The molecule has 4 heteroatoms. The highest BCUT2D eigenvalue weighted by atomic mass is 79.9. The molecule has 0 aliphatic heterocycles. The quantitative estimate of drug-likeness (QED) is 0.795. The maximum Gasteiger partial charge on any atom is 0.254 e. The standard InChI is InChI=1S/C17H25BrN2O/c1-12(2)9-10-20(14-5-3-4-6-14)17(21)13-7-8-15(18)16(19)11-13/h7-8,11-12,14H,3-6,9-10,19H2,1-2H3. The Labute approximate surface area is 136 Å². The first-order valence-corrected chi connectivity index (χ1v) is 8.64. The average Bonchev–Trinajstić information content (AvgIpc) is 2.95. The molecule has 0 unspecified atom stereocenters. The Kier molecular flexibility index (Phi) is 5.68. The molecular weight excluding hydrogens is 328 g/mol. The topological polar surface area (TPSA) is 46.3 Å². The Balaban J connectivity index is 2.17. The van der Waals surface area contributed by atoms with Crippen LogP contribution in [-0.4, -0.2) is 23.4 Å². The Bertz CT molecular complexity index is 496. The molecule has 0 atom stereocenters. The van der Waals surface area contributed by atoms with Crippen molar-refractivity contribution in [1.29, 1.82) is 0 Å². The van der Waals surface area contributed by atoms with Crippen LogP contribution >= 0.6 is 15.9 Å². The van der Waals surface area contributed by atoms with Gasteiger partial charge >= 0.3 is 0 Å². The van der Waals surface area contributed by atoms with E-state index >= 15 is 0 Å². The van der Waals surface area contributed by atoms with Gasteiger partial charge in [0.15, 0.2) is 0 Å². The summed E-state index contributed by atoms with van der Waals surface area (Å²) in [5.74, 6) is 0.735. The fourth-order valence-electron chi connectivity index (χ4n) is 2.91. The predicted octanol–water partition coefficient (Wildman–Crippen LogP) is 4.46. The number of carbonyl (C=O) groups excluding carboxylic acids is 1. The molecule has 2 N–H and O–H groups in total. The highest BCUT2D eigenvalue weighted by Gasteiger charge is 2.27. The van der Waals surface area contributed by atoms with Crippen LogP contribution in [0.4, 0.5) is 5.69 Å². The molecule has 2 rings (SSSR count). The smallest absolute Gasteiger partial charge is 0.254 e. The second kappa shape index (κ2) is 7.30. The van der Waals surface area contributed by atoms with E-state index in [1.807, 2.05) is 12.1 Å². The van der Waals surface area contributed by atoms with Crippen LogP contribution in [0.25, 0.3) is 0 Å². The van der Waals surface area contributed by atoms with Crippen molar-refractivity contribution in [1.82, 2.24) is 4.90 Å². The minimum absolute atomic E-state index is 0.127. The van der Waals surface area contributed by atoms with Gasteiger partial charge in [-0.25, -0.2) is 0 Å². The summed E-state index contributed by atoms with van der Waals surface area (Å²) in [6.45, 7) is 5.25. The van der Waals surface area contributed by atoms with Gasteiger partial charge in [0.25, 0.3) is 5.91 Å². The summed E-state index contributed by atoms with van der Waals surface area (Å²) in [4.78, 5) is 14.9. The third-order valence-corrected chi connectivity index (χ3v) is 4.94. The fourth-order valence-corrected chi connectivity index (χ4v) is 3.15. The first-order valence-electron chi connectivity index (χ1n) is 7.85. The van der Waals surface area contributed by atoms with Crippen LogP contribution in [0.15, 0.2) is 22.7 Å². The summed E-state index contributed by atoms with van der Waals surface area (Å²) in [5, 5.41) is 0. The van der Waals surface area contributed by atoms with E-state index in [1.165, 1.54) is 12.8 Å². The first-order chi connectivity index (χ1) is 9.99. The van der Waals surface area contributed by atoms with Crippen LogP contribution < -0.4 is 5.73 Å². The van der Waals surface area contributed by atoms with Crippen molar-refractivity contribution in [2.75, 3.05) is 12.3 Å². The molecule has 1 aromatic rings. The van der Waals surface area contributed by atoms with Crippen molar-refractivity contribution in [3.63, 3.8) is 0 Å². The normalized spacial score (nSPS) is 15.6. The lowest BCUT2D eigenvalue weighted by atomic mass is 10.1. The molecule has 21 heavy (non-hydrogen) atoms. The van der Waals surface area contributed by atoms with Gasteiger partial charge in [0, 0.05) is 28.3 Å². The largest absolute Gasteiger partial charge is 0.398 e. The number of hydrogen-bond donors (Lipinski definition) is 1. The maximum atomic E-state index is 12.9.